The lowest BCUT2D eigenvalue weighted by Crippen LogP contribution is -2.34. The predicted molar refractivity (Wildman–Crippen MR) is 84.6 cm³/mol. The molecule has 1 N–H and O–H groups in total. The van der Waals surface area contributed by atoms with Crippen LogP contribution in [-0.4, -0.2) is 62.7 Å². The molecule has 0 amide bonds. The van der Waals surface area contributed by atoms with Gasteiger partial charge in [-0.15, -0.1) is 0 Å². The van der Waals surface area contributed by atoms with Gasteiger partial charge in [0, 0.05) is 19.1 Å². The summed E-state index contributed by atoms with van der Waals surface area (Å²) in [6.45, 7) is 13.1. The molecule has 1 saturated heterocycles. The Balaban J connectivity index is 1.99. The number of nitrogens with zero attached hydrogens (tertiary/aromatic N) is 2. The van der Waals surface area contributed by atoms with Gasteiger partial charge < -0.3 is 15.1 Å². The molecule has 3 nitrogen and oxygen atoms in total. The molecule has 1 heterocycles. The molecule has 2 unspecified atom stereocenters. The molecule has 0 aromatic heterocycles. The summed E-state index contributed by atoms with van der Waals surface area (Å²) in [6.07, 6.45) is 4.05. The first-order chi connectivity index (χ1) is 9.00. The number of hydrogen-bond donors (Lipinski definition) is 1. The van der Waals surface area contributed by atoms with Crippen LogP contribution in [0.1, 0.15) is 40.0 Å². The normalized spacial score (nSPS) is 24.8. The molecular formula is C16H35N3. The summed E-state index contributed by atoms with van der Waals surface area (Å²) in [7, 11) is 4.43. The summed E-state index contributed by atoms with van der Waals surface area (Å²) >= 11 is 0. The van der Waals surface area contributed by atoms with Crippen LogP contribution in [0.4, 0.5) is 0 Å². The van der Waals surface area contributed by atoms with Crippen molar-refractivity contribution >= 4 is 0 Å². The van der Waals surface area contributed by atoms with Crippen LogP contribution < -0.4 is 5.32 Å². The highest BCUT2D eigenvalue weighted by atomic mass is 15.2. The smallest absolute Gasteiger partial charge is 0.0254 e. The summed E-state index contributed by atoms with van der Waals surface area (Å²) < 4.78 is 0. The van der Waals surface area contributed by atoms with Gasteiger partial charge in [-0.25, -0.2) is 0 Å². The van der Waals surface area contributed by atoms with Gasteiger partial charge in [0.25, 0.3) is 0 Å². The van der Waals surface area contributed by atoms with Gasteiger partial charge in [-0.3, -0.25) is 0 Å². The zero-order valence-electron chi connectivity index (χ0n) is 13.8. The number of hydrogen-bond acceptors (Lipinski definition) is 3. The summed E-state index contributed by atoms with van der Waals surface area (Å²) in [5.74, 6) is 1.59. The van der Waals surface area contributed by atoms with Gasteiger partial charge in [0.2, 0.25) is 0 Å². The van der Waals surface area contributed by atoms with Gasteiger partial charge in [-0.05, 0) is 58.4 Å². The lowest BCUT2D eigenvalue weighted by molar-refractivity contribution is 0.251. The number of rotatable bonds is 9. The standard InChI is InChI=1S/C16H35N3/c1-14(2)11-17-9-7-6-8-10-19-12-15(3)16(13-19)18(4)5/h14-17H,6-13H2,1-5H3. The third-order valence-electron chi connectivity index (χ3n) is 4.19. The zero-order valence-corrected chi connectivity index (χ0v) is 13.8. The highest BCUT2D eigenvalue weighted by Crippen LogP contribution is 2.20. The van der Waals surface area contributed by atoms with Crippen molar-refractivity contribution in [1.29, 1.82) is 0 Å². The minimum absolute atomic E-state index is 0.757. The minimum Gasteiger partial charge on any atom is -0.316 e. The van der Waals surface area contributed by atoms with Gasteiger partial charge in [-0.1, -0.05) is 27.2 Å². The molecule has 2 atom stereocenters. The van der Waals surface area contributed by atoms with Crippen LogP contribution in [0.5, 0.6) is 0 Å². The van der Waals surface area contributed by atoms with E-state index in [2.05, 4.69) is 50.0 Å². The van der Waals surface area contributed by atoms with E-state index in [9.17, 15) is 0 Å². The van der Waals surface area contributed by atoms with Crippen molar-refractivity contribution in [3.63, 3.8) is 0 Å². The third kappa shape index (κ3) is 6.73. The Morgan fingerprint density at radius 2 is 1.89 bits per heavy atom. The molecule has 0 aromatic carbocycles. The molecule has 3 heteroatoms. The molecule has 1 aliphatic rings. The fraction of sp³-hybridized carbons (Fsp3) is 1.00. The summed E-state index contributed by atoms with van der Waals surface area (Å²) in [5, 5.41) is 3.52. The second-order valence-corrected chi connectivity index (χ2v) is 6.93. The highest BCUT2D eigenvalue weighted by Gasteiger charge is 2.30. The topological polar surface area (TPSA) is 18.5 Å². The van der Waals surface area contributed by atoms with Crippen molar-refractivity contribution < 1.29 is 0 Å². The molecule has 1 aliphatic heterocycles. The Hall–Kier alpha value is -0.120. The van der Waals surface area contributed by atoms with Crippen molar-refractivity contribution in [1.82, 2.24) is 15.1 Å². The van der Waals surface area contributed by atoms with Crippen LogP contribution in [0.25, 0.3) is 0 Å². The molecule has 0 bridgehead atoms. The average molecular weight is 269 g/mol. The molecule has 0 aliphatic carbocycles. The van der Waals surface area contributed by atoms with Gasteiger partial charge in [0.15, 0.2) is 0 Å². The van der Waals surface area contributed by atoms with E-state index in [0.717, 1.165) is 24.4 Å². The second kappa shape index (κ2) is 8.93. The first-order valence-corrected chi connectivity index (χ1v) is 8.10. The predicted octanol–water partition coefficient (Wildman–Crippen LogP) is 2.28. The fourth-order valence-corrected chi connectivity index (χ4v) is 3.06. The Kier molecular flexibility index (Phi) is 7.96. The van der Waals surface area contributed by atoms with Crippen molar-refractivity contribution in [2.75, 3.05) is 46.8 Å². The Labute approximate surface area is 120 Å². The van der Waals surface area contributed by atoms with E-state index in [4.69, 9.17) is 0 Å². The SMILES string of the molecule is CC(C)CNCCCCCN1CC(C)C(N(C)C)C1. The maximum Gasteiger partial charge on any atom is 0.0254 e. The lowest BCUT2D eigenvalue weighted by atomic mass is 10.1. The molecule has 1 rings (SSSR count). The number of likely N-dealkylation sites (N-methyl/N-ethyl adjacent to an activating group) is 1. The first-order valence-electron chi connectivity index (χ1n) is 8.10. The second-order valence-electron chi connectivity index (χ2n) is 6.93. The molecule has 0 aromatic rings. The Bertz CT molecular complexity index is 228. The first kappa shape index (κ1) is 16.9. The maximum absolute atomic E-state index is 3.52. The summed E-state index contributed by atoms with van der Waals surface area (Å²) in [4.78, 5) is 5.04. The van der Waals surface area contributed by atoms with Crippen molar-refractivity contribution in [3.05, 3.63) is 0 Å². The molecular weight excluding hydrogens is 234 g/mol. The van der Waals surface area contributed by atoms with Crippen LogP contribution in [0, 0.1) is 11.8 Å². The number of nitrogens with one attached hydrogen (secondary N) is 1. The van der Waals surface area contributed by atoms with Crippen molar-refractivity contribution in [3.8, 4) is 0 Å². The molecule has 0 radical (unpaired) electrons. The third-order valence-corrected chi connectivity index (χ3v) is 4.19. The van der Waals surface area contributed by atoms with E-state index >= 15 is 0 Å². The van der Waals surface area contributed by atoms with Crippen LogP contribution in [0.2, 0.25) is 0 Å². The van der Waals surface area contributed by atoms with Crippen LogP contribution in [0.15, 0.2) is 0 Å². The number of likely N-dealkylation sites (tertiary alicyclic amines) is 1. The largest absolute Gasteiger partial charge is 0.316 e. The molecule has 114 valence electrons. The van der Waals surface area contributed by atoms with E-state index in [-0.39, 0.29) is 0 Å². The van der Waals surface area contributed by atoms with Gasteiger partial charge in [0.1, 0.15) is 0 Å². The van der Waals surface area contributed by atoms with Gasteiger partial charge >= 0.3 is 0 Å². The van der Waals surface area contributed by atoms with Crippen LogP contribution >= 0.6 is 0 Å². The molecule has 0 spiro atoms. The zero-order chi connectivity index (χ0) is 14.3. The van der Waals surface area contributed by atoms with E-state index in [1.165, 1.54) is 45.4 Å². The number of unbranched alkanes of at least 4 members (excludes halogenated alkanes) is 2. The van der Waals surface area contributed by atoms with Crippen molar-refractivity contribution in [2.45, 2.75) is 46.1 Å². The Morgan fingerprint density at radius 1 is 1.16 bits per heavy atom. The summed E-state index contributed by atoms with van der Waals surface area (Å²) in [6, 6.07) is 0.757. The van der Waals surface area contributed by atoms with Gasteiger partial charge in [-0.2, -0.15) is 0 Å². The van der Waals surface area contributed by atoms with E-state index in [0.29, 0.717) is 0 Å². The highest BCUT2D eigenvalue weighted by molar-refractivity contribution is 4.86. The van der Waals surface area contributed by atoms with E-state index < -0.39 is 0 Å². The average Bonchev–Trinajstić information content (AvgIpc) is 2.69. The maximum atomic E-state index is 3.52. The fourth-order valence-electron chi connectivity index (χ4n) is 3.06. The van der Waals surface area contributed by atoms with E-state index in [1.54, 1.807) is 0 Å². The molecule has 1 fully saturated rings. The lowest BCUT2D eigenvalue weighted by Gasteiger charge is -2.22. The molecule has 19 heavy (non-hydrogen) atoms. The minimum atomic E-state index is 0.757. The van der Waals surface area contributed by atoms with Crippen LogP contribution in [0.3, 0.4) is 0 Å². The quantitative estimate of drug-likeness (QED) is 0.648. The van der Waals surface area contributed by atoms with Crippen LogP contribution in [-0.2, 0) is 0 Å². The van der Waals surface area contributed by atoms with E-state index in [1.807, 2.05) is 0 Å². The van der Waals surface area contributed by atoms with Gasteiger partial charge in [0.05, 0.1) is 0 Å². The summed E-state index contributed by atoms with van der Waals surface area (Å²) in [5.41, 5.74) is 0. The Morgan fingerprint density at radius 3 is 2.47 bits per heavy atom. The van der Waals surface area contributed by atoms with Crippen molar-refractivity contribution in [2.24, 2.45) is 11.8 Å². The monoisotopic (exact) mass is 269 g/mol. The molecule has 0 saturated carbocycles.